The summed E-state index contributed by atoms with van der Waals surface area (Å²) in [6.45, 7) is 3.81. The third-order valence-corrected chi connectivity index (χ3v) is 6.42. The molecule has 0 bridgehead atoms. The zero-order chi connectivity index (χ0) is 18.0. The number of nitrogens with one attached hydrogen (secondary N) is 1. The molecular formula is C19H22N2O3S. The molecule has 1 aliphatic carbocycles. The Morgan fingerprint density at radius 2 is 1.80 bits per heavy atom. The van der Waals surface area contributed by atoms with Crippen LogP contribution < -0.4 is 5.32 Å². The molecule has 1 aliphatic rings. The number of pyridine rings is 1. The van der Waals surface area contributed by atoms with Gasteiger partial charge in [-0.25, -0.2) is 13.4 Å². The number of rotatable bonds is 4. The van der Waals surface area contributed by atoms with Crippen LogP contribution in [0.25, 0.3) is 0 Å². The van der Waals surface area contributed by atoms with Crippen molar-refractivity contribution in [3.63, 3.8) is 0 Å². The molecule has 0 aliphatic heterocycles. The summed E-state index contributed by atoms with van der Waals surface area (Å²) in [5.41, 5.74) is 2.32. The van der Waals surface area contributed by atoms with Gasteiger partial charge >= 0.3 is 0 Å². The summed E-state index contributed by atoms with van der Waals surface area (Å²) in [5, 5.41) is 2.92. The van der Waals surface area contributed by atoms with E-state index in [1.807, 2.05) is 13.8 Å². The Bertz CT molecular complexity index is 883. The molecule has 1 fully saturated rings. The quantitative estimate of drug-likeness (QED) is 0.910. The molecule has 25 heavy (non-hydrogen) atoms. The minimum Gasteiger partial charge on any atom is -0.349 e. The number of aromatic nitrogens is 1. The molecule has 0 radical (unpaired) electrons. The molecule has 1 aromatic carbocycles. The maximum atomic E-state index is 12.7. The van der Waals surface area contributed by atoms with Crippen molar-refractivity contribution in [1.29, 1.82) is 0 Å². The van der Waals surface area contributed by atoms with Gasteiger partial charge in [0, 0.05) is 12.2 Å². The van der Waals surface area contributed by atoms with E-state index < -0.39 is 9.84 Å². The highest BCUT2D eigenvalue weighted by Crippen LogP contribution is 2.22. The summed E-state index contributed by atoms with van der Waals surface area (Å²) in [6.07, 6.45) is 5.60. The van der Waals surface area contributed by atoms with Crippen LogP contribution in [0, 0.1) is 13.8 Å². The maximum absolute atomic E-state index is 12.7. The molecular weight excluding hydrogens is 336 g/mol. The average Bonchev–Trinajstić information content (AvgIpc) is 3.10. The Labute approximate surface area is 148 Å². The third-order valence-electron chi connectivity index (χ3n) is 4.75. The van der Waals surface area contributed by atoms with Crippen molar-refractivity contribution in [2.75, 3.05) is 0 Å². The third kappa shape index (κ3) is 3.74. The van der Waals surface area contributed by atoms with Gasteiger partial charge in [-0.15, -0.1) is 0 Å². The van der Waals surface area contributed by atoms with Gasteiger partial charge in [-0.3, -0.25) is 4.79 Å². The Kier molecular flexibility index (Phi) is 4.90. The number of hydrogen-bond donors (Lipinski definition) is 1. The molecule has 5 nitrogen and oxygen atoms in total. The molecule has 6 heteroatoms. The second-order valence-electron chi connectivity index (χ2n) is 6.59. The second kappa shape index (κ2) is 6.96. The van der Waals surface area contributed by atoms with E-state index in [1.165, 1.54) is 18.3 Å². The first kappa shape index (κ1) is 17.6. The molecule has 3 rings (SSSR count). The van der Waals surface area contributed by atoms with Crippen molar-refractivity contribution < 1.29 is 13.2 Å². The summed E-state index contributed by atoms with van der Waals surface area (Å²) in [6, 6.07) is 8.14. The van der Waals surface area contributed by atoms with Crippen LogP contribution in [0.5, 0.6) is 0 Å². The number of hydrogen-bond acceptors (Lipinski definition) is 4. The first-order valence-corrected chi connectivity index (χ1v) is 9.95. The zero-order valence-corrected chi connectivity index (χ0v) is 15.3. The van der Waals surface area contributed by atoms with Gasteiger partial charge < -0.3 is 5.32 Å². The van der Waals surface area contributed by atoms with E-state index in [1.54, 1.807) is 18.2 Å². The summed E-state index contributed by atoms with van der Waals surface area (Å²) < 4.78 is 25.4. The van der Waals surface area contributed by atoms with Crippen molar-refractivity contribution >= 4 is 15.7 Å². The van der Waals surface area contributed by atoms with Gasteiger partial charge in [-0.2, -0.15) is 0 Å². The van der Waals surface area contributed by atoms with Gasteiger partial charge in [0.05, 0.1) is 10.5 Å². The zero-order valence-electron chi connectivity index (χ0n) is 14.5. The average molecular weight is 358 g/mol. The SMILES string of the molecule is Cc1ccc(S(=O)(=O)c2ccc(C(=O)NC3CCCC3)cn2)cc1C. The monoisotopic (exact) mass is 358 g/mol. The van der Waals surface area contributed by atoms with Crippen molar-refractivity contribution in [3.05, 3.63) is 53.2 Å². The molecule has 1 heterocycles. The molecule has 0 unspecified atom stereocenters. The van der Waals surface area contributed by atoms with Crippen molar-refractivity contribution in [2.24, 2.45) is 0 Å². The number of aryl methyl sites for hydroxylation is 2. The van der Waals surface area contributed by atoms with E-state index in [-0.39, 0.29) is 21.9 Å². The highest BCUT2D eigenvalue weighted by atomic mass is 32.2. The number of carbonyl (C=O) groups excluding carboxylic acids is 1. The van der Waals surface area contributed by atoms with Crippen LogP contribution in [-0.4, -0.2) is 25.4 Å². The van der Waals surface area contributed by atoms with Crippen LogP contribution in [-0.2, 0) is 9.84 Å². The van der Waals surface area contributed by atoms with Crippen molar-refractivity contribution in [1.82, 2.24) is 10.3 Å². The lowest BCUT2D eigenvalue weighted by molar-refractivity contribution is 0.0937. The van der Waals surface area contributed by atoms with Crippen LogP contribution in [0.3, 0.4) is 0 Å². The van der Waals surface area contributed by atoms with Crippen LogP contribution >= 0.6 is 0 Å². The smallest absolute Gasteiger partial charge is 0.253 e. The fraction of sp³-hybridized carbons (Fsp3) is 0.368. The van der Waals surface area contributed by atoms with Crippen molar-refractivity contribution in [3.8, 4) is 0 Å². The van der Waals surface area contributed by atoms with Gasteiger partial charge in [0.25, 0.3) is 5.91 Å². The molecule has 0 spiro atoms. The van der Waals surface area contributed by atoms with Gasteiger partial charge in [0.1, 0.15) is 0 Å². The molecule has 0 atom stereocenters. The van der Waals surface area contributed by atoms with E-state index in [9.17, 15) is 13.2 Å². The van der Waals surface area contributed by atoms with Crippen LogP contribution in [0.15, 0.2) is 46.5 Å². The fourth-order valence-corrected chi connectivity index (χ4v) is 4.27. The Hall–Kier alpha value is -2.21. The summed E-state index contributed by atoms with van der Waals surface area (Å²) in [5.74, 6) is -0.200. The minimum atomic E-state index is -3.69. The molecule has 2 aromatic rings. The van der Waals surface area contributed by atoms with E-state index in [0.29, 0.717) is 5.56 Å². The predicted molar refractivity (Wildman–Crippen MR) is 95.3 cm³/mol. The van der Waals surface area contributed by atoms with E-state index >= 15 is 0 Å². The largest absolute Gasteiger partial charge is 0.349 e. The normalized spacial score (nSPS) is 15.3. The highest BCUT2D eigenvalue weighted by molar-refractivity contribution is 7.91. The van der Waals surface area contributed by atoms with Gasteiger partial charge in [-0.1, -0.05) is 18.9 Å². The molecule has 1 amide bonds. The number of benzene rings is 1. The standard InChI is InChI=1S/C19H22N2O3S/c1-13-7-9-17(11-14(13)2)25(23,24)18-10-8-15(12-20-18)19(22)21-16-5-3-4-6-16/h7-12,16H,3-6H2,1-2H3,(H,21,22). The number of amides is 1. The Morgan fingerprint density at radius 1 is 1.08 bits per heavy atom. The highest BCUT2D eigenvalue weighted by Gasteiger charge is 2.21. The number of nitrogens with zero attached hydrogens (tertiary/aromatic N) is 1. The number of carbonyl (C=O) groups is 1. The van der Waals surface area contributed by atoms with Gasteiger partial charge in [0.2, 0.25) is 9.84 Å². The molecule has 132 valence electrons. The fourth-order valence-electron chi connectivity index (χ4n) is 3.01. The minimum absolute atomic E-state index is 0.0480. The van der Waals surface area contributed by atoms with Crippen LogP contribution in [0.2, 0.25) is 0 Å². The second-order valence-corrected chi connectivity index (χ2v) is 8.49. The lowest BCUT2D eigenvalue weighted by atomic mass is 10.1. The summed E-state index contributed by atoms with van der Waals surface area (Å²) >= 11 is 0. The predicted octanol–water partition coefficient (Wildman–Crippen LogP) is 3.20. The summed E-state index contributed by atoms with van der Waals surface area (Å²) in [7, 11) is -3.69. The topological polar surface area (TPSA) is 76.1 Å². The Morgan fingerprint density at radius 3 is 2.40 bits per heavy atom. The lowest BCUT2D eigenvalue weighted by Crippen LogP contribution is -2.32. The molecule has 1 N–H and O–H groups in total. The van der Waals surface area contributed by atoms with Crippen molar-refractivity contribution in [2.45, 2.75) is 55.5 Å². The van der Waals surface area contributed by atoms with Crippen LogP contribution in [0.1, 0.15) is 47.2 Å². The lowest BCUT2D eigenvalue weighted by Gasteiger charge is -2.12. The van der Waals surface area contributed by atoms with E-state index in [2.05, 4.69) is 10.3 Å². The van der Waals surface area contributed by atoms with E-state index in [4.69, 9.17) is 0 Å². The van der Waals surface area contributed by atoms with Gasteiger partial charge in [-0.05, 0) is 62.1 Å². The van der Waals surface area contributed by atoms with Gasteiger partial charge in [0.15, 0.2) is 5.03 Å². The first-order chi connectivity index (χ1) is 11.9. The summed E-state index contributed by atoms with van der Waals surface area (Å²) in [4.78, 5) is 16.5. The maximum Gasteiger partial charge on any atom is 0.253 e. The molecule has 1 aromatic heterocycles. The first-order valence-electron chi connectivity index (χ1n) is 8.47. The Balaban J connectivity index is 1.80. The molecule has 1 saturated carbocycles. The van der Waals surface area contributed by atoms with E-state index in [0.717, 1.165) is 36.8 Å². The number of sulfone groups is 1. The molecule has 0 saturated heterocycles. The van der Waals surface area contributed by atoms with Crippen LogP contribution in [0.4, 0.5) is 0 Å².